The normalized spacial score (nSPS) is 15.5. The van der Waals surface area contributed by atoms with Crippen molar-refractivity contribution >= 4 is 22.6 Å². The van der Waals surface area contributed by atoms with Crippen molar-refractivity contribution in [2.75, 3.05) is 13.1 Å². The Morgan fingerprint density at radius 3 is 2.35 bits per heavy atom. The molecule has 0 amide bonds. The molecule has 0 aliphatic carbocycles. The lowest BCUT2D eigenvalue weighted by molar-refractivity contribution is -0.138. The molecular weight excluding hydrogens is 418 g/mol. The second-order valence-electron chi connectivity index (χ2n) is 5.41. The van der Waals surface area contributed by atoms with Gasteiger partial charge in [0.05, 0.1) is 18.3 Å². The van der Waals surface area contributed by atoms with E-state index in [1.54, 1.807) is 24.3 Å². The van der Waals surface area contributed by atoms with Gasteiger partial charge in [-0.15, -0.1) is 0 Å². The number of hydrogen-bond acceptors (Lipinski definition) is 2. The maximum atomic E-state index is 13.7. The topological polar surface area (TPSA) is 21.3 Å². The summed E-state index contributed by atoms with van der Waals surface area (Å²) in [7, 11) is 0. The zero-order valence-electron chi connectivity index (χ0n) is 12.2. The van der Waals surface area contributed by atoms with Crippen LogP contribution in [0.3, 0.4) is 0 Å². The first kappa shape index (κ1) is 16.7. The van der Waals surface area contributed by atoms with E-state index in [-0.39, 0.29) is 23.8 Å². The molecule has 2 aromatic carbocycles. The highest BCUT2D eigenvalue weighted by atomic mass is 127. The molecule has 0 atom stereocenters. The number of alkyl halides is 3. The maximum absolute atomic E-state index is 13.7. The van der Waals surface area contributed by atoms with E-state index in [0.29, 0.717) is 18.7 Å². The van der Waals surface area contributed by atoms with Crippen LogP contribution >= 0.6 is 22.6 Å². The molecule has 0 aromatic heterocycles. The maximum Gasteiger partial charge on any atom is 0.417 e. The van der Waals surface area contributed by atoms with E-state index in [4.69, 9.17) is 4.74 Å². The fourth-order valence-corrected chi connectivity index (χ4v) is 3.22. The number of benzene rings is 2. The molecule has 1 aliphatic heterocycles. The van der Waals surface area contributed by atoms with Crippen molar-refractivity contribution in [3.63, 3.8) is 0 Å². The van der Waals surface area contributed by atoms with E-state index in [2.05, 4.69) is 27.9 Å². The average molecular weight is 433 g/mol. The summed E-state index contributed by atoms with van der Waals surface area (Å²) < 4.78 is 47.4. The molecule has 2 nitrogen and oxygen atoms in total. The monoisotopic (exact) mass is 433 g/mol. The molecule has 0 bridgehead atoms. The highest BCUT2D eigenvalue weighted by Crippen LogP contribution is 2.41. The molecule has 0 spiro atoms. The van der Waals surface area contributed by atoms with Gasteiger partial charge in [0.15, 0.2) is 0 Å². The van der Waals surface area contributed by atoms with Gasteiger partial charge in [0, 0.05) is 16.7 Å². The van der Waals surface area contributed by atoms with Crippen LogP contribution in [0.2, 0.25) is 0 Å². The zero-order valence-corrected chi connectivity index (χ0v) is 14.3. The van der Waals surface area contributed by atoms with Crippen molar-refractivity contribution in [2.45, 2.75) is 18.9 Å². The van der Waals surface area contributed by atoms with Gasteiger partial charge in [-0.05, 0) is 45.3 Å². The highest BCUT2D eigenvalue weighted by Gasteiger charge is 2.37. The van der Waals surface area contributed by atoms with Crippen molar-refractivity contribution in [1.29, 1.82) is 0 Å². The molecule has 1 saturated heterocycles. The van der Waals surface area contributed by atoms with Crippen LogP contribution in [0, 0.1) is 3.57 Å². The van der Waals surface area contributed by atoms with Crippen LogP contribution in [0.1, 0.15) is 11.1 Å². The van der Waals surface area contributed by atoms with Crippen molar-refractivity contribution < 1.29 is 17.9 Å². The third-order valence-corrected chi connectivity index (χ3v) is 4.76. The van der Waals surface area contributed by atoms with E-state index in [9.17, 15) is 13.2 Å². The Labute approximate surface area is 146 Å². The van der Waals surface area contributed by atoms with E-state index in [0.717, 1.165) is 3.57 Å². The summed E-state index contributed by atoms with van der Waals surface area (Å²) in [5, 5.41) is 3.04. The van der Waals surface area contributed by atoms with Crippen molar-refractivity contribution in [3.05, 3.63) is 57.2 Å². The van der Waals surface area contributed by atoms with Crippen LogP contribution < -0.4 is 5.32 Å². The van der Waals surface area contributed by atoms with Gasteiger partial charge < -0.3 is 10.1 Å². The Kier molecular flexibility index (Phi) is 4.93. The molecule has 0 unspecified atom stereocenters. The minimum absolute atomic E-state index is 0.00315. The Balaban J connectivity index is 2.03. The molecule has 6 heteroatoms. The molecule has 3 rings (SSSR count). The van der Waals surface area contributed by atoms with E-state index < -0.39 is 11.7 Å². The van der Waals surface area contributed by atoms with Crippen LogP contribution in [-0.2, 0) is 17.5 Å². The van der Waals surface area contributed by atoms with Gasteiger partial charge >= 0.3 is 6.18 Å². The Morgan fingerprint density at radius 1 is 1.04 bits per heavy atom. The Hall–Kier alpha value is -1.12. The largest absolute Gasteiger partial charge is 0.417 e. The molecule has 1 heterocycles. The standard InChI is InChI=1S/C17H15F3INO/c18-17(19,20)16-11(10-23-12-8-22-9-12)4-3-6-14(16)13-5-1-2-7-15(13)21/h1-7,12,22H,8-10H2. The summed E-state index contributed by atoms with van der Waals surface area (Å²) in [6.45, 7) is 1.35. The highest BCUT2D eigenvalue weighted by molar-refractivity contribution is 14.1. The predicted octanol–water partition coefficient (Wildman–Crippen LogP) is 4.47. The van der Waals surface area contributed by atoms with Crippen LogP contribution in [0.4, 0.5) is 13.2 Å². The molecule has 0 radical (unpaired) electrons. The number of hydrogen-bond donors (Lipinski definition) is 1. The fraction of sp³-hybridized carbons (Fsp3) is 0.294. The summed E-state index contributed by atoms with van der Waals surface area (Å²) in [5.41, 5.74) is 0.376. The first-order valence-corrected chi connectivity index (χ1v) is 8.31. The summed E-state index contributed by atoms with van der Waals surface area (Å²) >= 11 is 2.06. The second kappa shape index (κ2) is 6.78. The first-order chi connectivity index (χ1) is 11.0. The Morgan fingerprint density at radius 2 is 1.74 bits per heavy atom. The third kappa shape index (κ3) is 3.70. The molecule has 1 aliphatic rings. The summed E-state index contributed by atoms with van der Waals surface area (Å²) in [6, 6.07) is 11.8. The van der Waals surface area contributed by atoms with Crippen LogP contribution in [-0.4, -0.2) is 19.2 Å². The minimum Gasteiger partial charge on any atom is -0.371 e. The molecule has 0 saturated carbocycles. The summed E-state index contributed by atoms with van der Waals surface area (Å²) in [6.07, 6.45) is -4.43. The number of halogens is 4. The Bertz CT molecular complexity index is 698. The van der Waals surface area contributed by atoms with Crippen LogP contribution in [0.15, 0.2) is 42.5 Å². The SMILES string of the molecule is FC(F)(F)c1c(COC2CNC2)cccc1-c1ccccc1I. The summed E-state index contributed by atoms with van der Waals surface area (Å²) in [5.74, 6) is 0. The van der Waals surface area contributed by atoms with Gasteiger partial charge in [-0.1, -0.05) is 36.4 Å². The third-order valence-electron chi connectivity index (χ3n) is 3.82. The molecule has 23 heavy (non-hydrogen) atoms. The van der Waals surface area contributed by atoms with Crippen LogP contribution in [0.5, 0.6) is 0 Å². The van der Waals surface area contributed by atoms with Crippen LogP contribution in [0.25, 0.3) is 11.1 Å². The minimum atomic E-state index is -4.42. The molecule has 1 fully saturated rings. The molecule has 1 N–H and O–H groups in total. The summed E-state index contributed by atoms with van der Waals surface area (Å²) in [4.78, 5) is 0. The van der Waals surface area contributed by atoms with Gasteiger partial charge in [-0.3, -0.25) is 0 Å². The first-order valence-electron chi connectivity index (χ1n) is 7.23. The van der Waals surface area contributed by atoms with Crippen molar-refractivity contribution in [2.24, 2.45) is 0 Å². The quantitative estimate of drug-likeness (QED) is 0.719. The van der Waals surface area contributed by atoms with Gasteiger partial charge in [-0.25, -0.2) is 0 Å². The fourth-order valence-electron chi connectivity index (χ4n) is 2.55. The molecular formula is C17H15F3INO. The number of rotatable bonds is 4. The average Bonchev–Trinajstić information content (AvgIpc) is 2.45. The van der Waals surface area contributed by atoms with Crippen molar-refractivity contribution in [1.82, 2.24) is 5.32 Å². The lowest BCUT2D eigenvalue weighted by atomic mass is 9.95. The van der Waals surface area contributed by atoms with Gasteiger partial charge in [0.2, 0.25) is 0 Å². The van der Waals surface area contributed by atoms with Gasteiger partial charge in [0.25, 0.3) is 0 Å². The molecule has 2 aromatic rings. The molecule has 122 valence electrons. The van der Waals surface area contributed by atoms with E-state index >= 15 is 0 Å². The van der Waals surface area contributed by atoms with Gasteiger partial charge in [-0.2, -0.15) is 13.2 Å². The predicted molar refractivity (Wildman–Crippen MR) is 91.0 cm³/mol. The lowest BCUT2D eigenvalue weighted by Gasteiger charge is -2.28. The van der Waals surface area contributed by atoms with Crippen molar-refractivity contribution in [3.8, 4) is 11.1 Å². The number of nitrogens with one attached hydrogen (secondary N) is 1. The number of ether oxygens (including phenoxy) is 1. The van der Waals surface area contributed by atoms with E-state index in [1.807, 2.05) is 6.07 Å². The lowest BCUT2D eigenvalue weighted by Crippen LogP contribution is -2.48. The second-order valence-corrected chi connectivity index (χ2v) is 6.57. The zero-order chi connectivity index (χ0) is 16.4. The van der Waals surface area contributed by atoms with Gasteiger partial charge in [0.1, 0.15) is 0 Å². The van der Waals surface area contributed by atoms with E-state index in [1.165, 1.54) is 12.1 Å². The smallest absolute Gasteiger partial charge is 0.371 e.